The quantitative estimate of drug-likeness (QED) is 0.330. The zero-order valence-electron chi connectivity index (χ0n) is 19.1. The monoisotopic (exact) mass is 451 g/mol. The molecule has 0 saturated heterocycles. The Morgan fingerprint density at radius 2 is 1.76 bits per heavy atom. The van der Waals surface area contributed by atoms with Gasteiger partial charge in [0.1, 0.15) is 5.82 Å². The van der Waals surface area contributed by atoms with Crippen LogP contribution in [0.4, 0.5) is 0 Å². The maximum Gasteiger partial charge on any atom is 0.290 e. The molecule has 0 bridgehead atoms. The van der Waals surface area contributed by atoms with Gasteiger partial charge in [-0.3, -0.25) is 14.2 Å². The molecular weight excluding hydrogens is 426 g/mol. The first-order chi connectivity index (χ1) is 16.6. The third kappa shape index (κ3) is 3.77. The minimum absolute atomic E-state index is 0.162. The third-order valence-electron chi connectivity index (χ3n) is 6.09. The van der Waals surface area contributed by atoms with Crippen molar-refractivity contribution in [3.05, 3.63) is 107 Å². The Morgan fingerprint density at radius 1 is 1.00 bits per heavy atom. The van der Waals surface area contributed by atoms with Gasteiger partial charge >= 0.3 is 0 Å². The van der Waals surface area contributed by atoms with Crippen LogP contribution in [0.1, 0.15) is 42.7 Å². The smallest absolute Gasteiger partial charge is 0.290 e. The van der Waals surface area contributed by atoms with Crippen molar-refractivity contribution in [1.29, 1.82) is 0 Å². The first kappa shape index (κ1) is 21.6. The van der Waals surface area contributed by atoms with Gasteiger partial charge in [-0.1, -0.05) is 49.4 Å². The lowest BCUT2D eigenvalue weighted by Gasteiger charge is -2.29. The predicted molar refractivity (Wildman–Crippen MR) is 133 cm³/mol. The molecule has 34 heavy (non-hydrogen) atoms. The summed E-state index contributed by atoms with van der Waals surface area (Å²) in [5.41, 5.74) is 1.16. The second kappa shape index (κ2) is 8.98. The van der Waals surface area contributed by atoms with Crippen LogP contribution in [0.2, 0.25) is 0 Å². The number of aromatic nitrogens is 2. The Labute approximate surface area is 197 Å². The number of nitrogens with zero attached hydrogens (tertiary/aromatic N) is 3. The summed E-state index contributed by atoms with van der Waals surface area (Å²) in [6, 6.07) is 24.1. The van der Waals surface area contributed by atoms with Crippen LogP contribution in [0.25, 0.3) is 27.4 Å². The maximum absolute atomic E-state index is 13.8. The highest BCUT2D eigenvalue weighted by atomic mass is 16.3. The number of rotatable bonds is 6. The lowest BCUT2D eigenvalue weighted by molar-refractivity contribution is 0.0648. The Balaban J connectivity index is 1.73. The van der Waals surface area contributed by atoms with Crippen molar-refractivity contribution in [1.82, 2.24) is 14.5 Å². The molecule has 0 aliphatic carbocycles. The molecule has 5 rings (SSSR count). The van der Waals surface area contributed by atoms with Gasteiger partial charge in [0.2, 0.25) is 0 Å². The lowest BCUT2D eigenvalue weighted by atomic mass is 10.1. The molecule has 0 spiro atoms. The summed E-state index contributed by atoms with van der Waals surface area (Å²) >= 11 is 0. The Morgan fingerprint density at radius 3 is 2.53 bits per heavy atom. The minimum Gasteiger partial charge on any atom is -0.459 e. The van der Waals surface area contributed by atoms with Crippen molar-refractivity contribution in [3.8, 4) is 5.69 Å². The van der Waals surface area contributed by atoms with Gasteiger partial charge in [0.05, 0.1) is 28.9 Å². The molecule has 3 aromatic carbocycles. The average molecular weight is 452 g/mol. The summed E-state index contributed by atoms with van der Waals surface area (Å²) in [5, 5.41) is 2.64. The Bertz CT molecular complexity index is 1540. The average Bonchev–Trinajstić information content (AvgIpc) is 3.41. The van der Waals surface area contributed by atoms with Gasteiger partial charge in [-0.05, 0) is 60.5 Å². The Kier molecular flexibility index (Phi) is 5.72. The molecule has 5 aromatic rings. The minimum atomic E-state index is -0.471. The van der Waals surface area contributed by atoms with Crippen LogP contribution in [-0.2, 0) is 0 Å². The van der Waals surface area contributed by atoms with E-state index in [0.29, 0.717) is 29.0 Å². The largest absolute Gasteiger partial charge is 0.459 e. The van der Waals surface area contributed by atoms with Crippen LogP contribution in [0.15, 0.2) is 94.3 Å². The molecule has 2 heterocycles. The van der Waals surface area contributed by atoms with Crippen molar-refractivity contribution in [3.63, 3.8) is 0 Å². The summed E-state index contributed by atoms with van der Waals surface area (Å²) in [5.74, 6) is 0.542. The molecule has 6 heteroatoms. The highest BCUT2D eigenvalue weighted by molar-refractivity contribution is 5.91. The zero-order valence-corrected chi connectivity index (χ0v) is 19.1. The highest BCUT2D eigenvalue weighted by Crippen LogP contribution is 2.26. The van der Waals surface area contributed by atoms with Gasteiger partial charge in [0.15, 0.2) is 5.76 Å². The molecule has 6 nitrogen and oxygen atoms in total. The zero-order chi connectivity index (χ0) is 23.7. The summed E-state index contributed by atoms with van der Waals surface area (Å²) in [6.45, 7) is 4.42. The second-order valence-electron chi connectivity index (χ2n) is 8.31. The van der Waals surface area contributed by atoms with E-state index in [-0.39, 0.29) is 17.2 Å². The molecule has 170 valence electrons. The van der Waals surface area contributed by atoms with E-state index in [1.54, 1.807) is 27.7 Å². The molecule has 1 amide bonds. The van der Waals surface area contributed by atoms with Crippen LogP contribution in [0.3, 0.4) is 0 Å². The van der Waals surface area contributed by atoms with Crippen molar-refractivity contribution in [2.24, 2.45) is 0 Å². The predicted octanol–water partition coefficient (Wildman–Crippen LogP) is 5.75. The van der Waals surface area contributed by atoms with E-state index in [2.05, 4.69) is 0 Å². The fourth-order valence-electron chi connectivity index (χ4n) is 4.39. The van der Waals surface area contributed by atoms with Crippen molar-refractivity contribution in [2.75, 3.05) is 6.54 Å². The van der Waals surface area contributed by atoms with Crippen molar-refractivity contribution < 1.29 is 9.21 Å². The molecule has 0 N–H and O–H groups in total. The van der Waals surface area contributed by atoms with Crippen LogP contribution in [0, 0.1) is 0 Å². The maximum atomic E-state index is 13.8. The van der Waals surface area contributed by atoms with Gasteiger partial charge in [-0.25, -0.2) is 4.98 Å². The number of carbonyl (C=O) groups excluding carboxylic acids is 1. The second-order valence-corrected chi connectivity index (χ2v) is 8.31. The van der Waals surface area contributed by atoms with Gasteiger partial charge in [-0.2, -0.15) is 0 Å². The van der Waals surface area contributed by atoms with E-state index >= 15 is 0 Å². The number of fused-ring (bicyclic) bond motifs is 2. The number of hydrogen-bond donors (Lipinski definition) is 0. The number of benzene rings is 3. The van der Waals surface area contributed by atoms with E-state index in [1.807, 2.05) is 74.5 Å². The van der Waals surface area contributed by atoms with Gasteiger partial charge in [-0.15, -0.1) is 0 Å². The van der Waals surface area contributed by atoms with E-state index in [9.17, 15) is 9.59 Å². The molecule has 0 radical (unpaired) electrons. The van der Waals surface area contributed by atoms with E-state index in [0.717, 1.165) is 17.2 Å². The number of hydrogen-bond acceptors (Lipinski definition) is 4. The normalized spacial score (nSPS) is 12.2. The number of furan rings is 1. The molecule has 1 unspecified atom stereocenters. The number of carbonyl (C=O) groups is 1. The van der Waals surface area contributed by atoms with Gasteiger partial charge in [0.25, 0.3) is 11.5 Å². The molecule has 2 aromatic heterocycles. The van der Waals surface area contributed by atoms with Gasteiger partial charge in [0, 0.05) is 6.54 Å². The molecule has 0 fully saturated rings. The first-order valence-corrected chi connectivity index (χ1v) is 11.4. The topological polar surface area (TPSA) is 68.3 Å². The summed E-state index contributed by atoms with van der Waals surface area (Å²) in [6.07, 6.45) is 2.24. The molecule has 0 saturated carbocycles. The molecule has 1 atom stereocenters. The fraction of sp³-hybridized carbons (Fsp3) is 0.179. The number of amides is 1. The Hall–Kier alpha value is -4.19. The standard InChI is InChI=1S/C28H25N3O3/c1-3-16-30(28(33)25-13-8-17-34-25)19(2)26-29-24-12-7-6-11-23(24)27(32)31(26)22-15-14-20-9-4-5-10-21(20)18-22/h4-15,17-19H,3,16H2,1-2H3. The SMILES string of the molecule is CCCN(C(=O)c1ccco1)C(C)c1nc2ccccc2c(=O)n1-c1ccc2ccccc2c1. The summed E-state index contributed by atoms with van der Waals surface area (Å²) in [7, 11) is 0. The van der Waals surface area contributed by atoms with E-state index in [4.69, 9.17) is 9.40 Å². The highest BCUT2D eigenvalue weighted by Gasteiger charge is 2.28. The molecule has 0 aliphatic heterocycles. The van der Waals surface area contributed by atoms with Crippen molar-refractivity contribution >= 4 is 27.6 Å². The first-order valence-electron chi connectivity index (χ1n) is 11.4. The third-order valence-corrected chi connectivity index (χ3v) is 6.09. The fourth-order valence-corrected chi connectivity index (χ4v) is 4.39. The summed E-state index contributed by atoms with van der Waals surface area (Å²) in [4.78, 5) is 33.7. The van der Waals surface area contributed by atoms with E-state index in [1.165, 1.54) is 6.26 Å². The molecule has 0 aliphatic rings. The summed E-state index contributed by atoms with van der Waals surface area (Å²) < 4.78 is 7.02. The van der Waals surface area contributed by atoms with Gasteiger partial charge < -0.3 is 9.32 Å². The van der Waals surface area contributed by atoms with Crippen LogP contribution in [0.5, 0.6) is 0 Å². The molecular formula is C28H25N3O3. The van der Waals surface area contributed by atoms with Crippen LogP contribution in [-0.4, -0.2) is 26.9 Å². The van der Waals surface area contributed by atoms with Crippen molar-refractivity contribution in [2.45, 2.75) is 26.3 Å². The van der Waals surface area contributed by atoms with E-state index < -0.39 is 6.04 Å². The van der Waals surface area contributed by atoms with Crippen LogP contribution < -0.4 is 5.56 Å². The lowest BCUT2D eigenvalue weighted by Crippen LogP contribution is -2.37. The van der Waals surface area contributed by atoms with Crippen LogP contribution >= 0.6 is 0 Å². The number of para-hydroxylation sites is 1.